The zero-order valence-corrected chi connectivity index (χ0v) is 15.4. The molecule has 0 spiro atoms. The molecule has 2 rings (SSSR count). The van der Waals surface area contributed by atoms with Gasteiger partial charge in [0.25, 0.3) is 11.6 Å². The number of ether oxygens (including phenoxy) is 3. The van der Waals surface area contributed by atoms with Crippen molar-refractivity contribution in [2.75, 3.05) is 26.6 Å². The lowest BCUT2D eigenvalue weighted by Gasteiger charge is -2.11. The van der Waals surface area contributed by atoms with Crippen molar-refractivity contribution in [2.24, 2.45) is 0 Å². The van der Waals surface area contributed by atoms with Gasteiger partial charge in [0.05, 0.1) is 31.9 Å². The predicted octanol–water partition coefficient (Wildman–Crippen LogP) is 3.17. The molecule has 0 saturated heterocycles. The molecule has 0 atom stereocenters. The predicted molar refractivity (Wildman–Crippen MR) is 101 cm³/mol. The van der Waals surface area contributed by atoms with Crippen LogP contribution < -0.4 is 19.5 Å². The molecule has 2 aromatic carbocycles. The molecule has 28 heavy (non-hydrogen) atoms. The summed E-state index contributed by atoms with van der Waals surface area (Å²) in [6.45, 7) is 0. The average molecular weight is 383 g/mol. The van der Waals surface area contributed by atoms with Crippen LogP contribution in [-0.2, 0) is 4.79 Å². The Morgan fingerprint density at radius 3 is 2.43 bits per heavy atom. The van der Waals surface area contributed by atoms with Gasteiger partial charge in [0.1, 0.15) is 17.4 Å². The summed E-state index contributed by atoms with van der Waals surface area (Å²) in [5.41, 5.74) is 0.0631. The summed E-state index contributed by atoms with van der Waals surface area (Å²) < 4.78 is 15.6. The van der Waals surface area contributed by atoms with Crippen LogP contribution in [0.2, 0.25) is 0 Å². The van der Waals surface area contributed by atoms with Crippen LogP contribution in [0.1, 0.15) is 5.56 Å². The van der Waals surface area contributed by atoms with Crippen LogP contribution in [0.4, 0.5) is 11.4 Å². The summed E-state index contributed by atoms with van der Waals surface area (Å²) in [6, 6.07) is 10.6. The number of benzene rings is 2. The van der Waals surface area contributed by atoms with E-state index in [1.54, 1.807) is 18.2 Å². The maximum atomic E-state index is 12.6. The number of nitro groups is 1. The van der Waals surface area contributed by atoms with Gasteiger partial charge in [0.2, 0.25) is 0 Å². The first-order valence-corrected chi connectivity index (χ1v) is 7.91. The summed E-state index contributed by atoms with van der Waals surface area (Å²) in [5, 5.41) is 22.8. The van der Waals surface area contributed by atoms with Gasteiger partial charge >= 0.3 is 0 Å². The average Bonchev–Trinajstić information content (AvgIpc) is 2.71. The highest BCUT2D eigenvalue weighted by Crippen LogP contribution is 2.33. The van der Waals surface area contributed by atoms with Crippen LogP contribution in [0.5, 0.6) is 17.2 Å². The second kappa shape index (κ2) is 9.05. The molecule has 0 saturated carbocycles. The number of methoxy groups -OCH3 is 3. The van der Waals surface area contributed by atoms with Gasteiger partial charge in [-0.2, -0.15) is 5.26 Å². The Morgan fingerprint density at radius 2 is 1.86 bits per heavy atom. The van der Waals surface area contributed by atoms with E-state index in [-0.39, 0.29) is 22.7 Å². The molecule has 0 aliphatic carbocycles. The Bertz CT molecular complexity index is 978. The molecule has 144 valence electrons. The molecule has 0 aromatic heterocycles. The van der Waals surface area contributed by atoms with Gasteiger partial charge in [-0.3, -0.25) is 14.9 Å². The maximum absolute atomic E-state index is 12.6. The lowest BCUT2D eigenvalue weighted by molar-refractivity contribution is -0.384. The molecule has 1 amide bonds. The van der Waals surface area contributed by atoms with Crippen molar-refractivity contribution in [3.63, 3.8) is 0 Å². The van der Waals surface area contributed by atoms with E-state index in [2.05, 4.69) is 5.32 Å². The Balaban J connectivity index is 2.41. The highest BCUT2D eigenvalue weighted by Gasteiger charge is 2.17. The van der Waals surface area contributed by atoms with Gasteiger partial charge in [-0.1, -0.05) is 12.1 Å². The Kier molecular flexibility index (Phi) is 6.54. The largest absolute Gasteiger partial charge is 0.495 e. The van der Waals surface area contributed by atoms with Crippen LogP contribution >= 0.6 is 0 Å². The highest BCUT2D eigenvalue weighted by molar-refractivity contribution is 6.10. The fraction of sp³-hybridized carbons (Fsp3) is 0.158. The van der Waals surface area contributed by atoms with Crippen molar-refractivity contribution in [3.05, 3.63) is 57.6 Å². The third-order valence-corrected chi connectivity index (χ3v) is 3.74. The summed E-state index contributed by atoms with van der Waals surface area (Å²) in [6.07, 6.45) is 1.33. The number of non-ortho nitro benzene ring substituents is 1. The second-order valence-corrected chi connectivity index (χ2v) is 5.35. The van der Waals surface area contributed by atoms with Crippen molar-refractivity contribution in [2.45, 2.75) is 0 Å². The number of rotatable bonds is 7. The number of nitro benzene ring substituents is 1. The van der Waals surface area contributed by atoms with Crippen LogP contribution in [0, 0.1) is 21.4 Å². The van der Waals surface area contributed by atoms with Crippen molar-refractivity contribution < 1.29 is 23.9 Å². The number of hydrogen-bond acceptors (Lipinski definition) is 7. The molecule has 9 heteroatoms. The van der Waals surface area contributed by atoms with E-state index in [0.717, 1.165) is 6.07 Å². The van der Waals surface area contributed by atoms with Gasteiger partial charge in [-0.05, 0) is 18.2 Å². The minimum Gasteiger partial charge on any atom is -0.495 e. The van der Waals surface area contributed by atoms with Crippen molar-refractivity contribution >= 4 is 23.4 Å². The quantitative estimate of drug-likeness (QED) is 0.337. The summed E-state index contributed by atoms with van der Waals surface area (Å²) in [5.74, 6) is 0.258. The minimum absolute atomic E-state index is 0.0699. The van der Waals surface area contributed by atoms with E-state index in [1.807, 2.05) is 6.07 Å². The zero-order chi connectivity index (χ0) is 20.7. The number of nitriles is 1. The standard InChI is InChI=1S/C19H17N3O6/c1-26-16-8-7-14(22(24)25)10-15(16)21-19(23)13(11-20)9-12-5-4-6-17(27-2)18(12)28-3/h4-10H,1-3H3,(H,21,23)/b13-9+. The van der Waals surface area contributed by atoms with Crippen LogP contribution in [0.3, 0.4) is 0 Å². The van der Waals surface area contributed by atoms with Gasteiger partial charge < -0.3 is 19.5 Å². The lowest BCUT2D eigenvalue weighted by Crippen LogP contribution is -2.14. The SMILES string of the molecule is COc1ccc([N+](=O)[O-])cc1NC(=O)/C(C#N)=C/c1cccc(OC)c1OC. The van der Waals surface area contributed by atoms with Crippen molar-refractivity contribution in [3.8, 4) is 23.3 Å². The smallest absolute Gasteiger partial charge is 0.271 e. The fourth-order valence-electron chi connectivity index (χ4n) is 2.43. The zero-order valence-electron chi connectivity index (χ0n) is 15.4. The number of nitrogens with zero attached hydrogens (tertiary/aromatic N) is 2. The van der Waals surface area contributed by atoms with Gasteiger partial charge in [-0.15, -0.1) is 0 Å². The van der Waals surface area contributed by atoms with Gasteiger partial charge in [0.15, 0.2) is 11.5 Å². The highest BCUT2D eigenvalue weighted by atomic mass is 16.6. The number of amides is 1. The van der Waals surface area contributed by atoms with Crippen LogP contribution in [0.15, 0.2) is 42.0 Å². The Labute approximate surface area is 160 Å². The van der Waals surface area contributed by atoms with Crippen LogP contribution in [-0.4, -0.2) is 32.2 Å². The summed E-state index contributed by atoms with van der Waals surface area (Å²) in [7, 11) is 4.27. The Morgan fingerprint density at radius 1 is 1.14 bits per heavy atom. The molecule has 0 unspecified atom stereocenters. The van der Waals surface area contributed by atoms with E-state index in [1.165, 1.54) is 39.5 Å². The maximum Gasteiger partial charge on any atom is 0.271 e. The first-order valence-electron chi connectivity index (χ1n) is 7.91. The Hall–Kier alpha value is -4.06. The van der Waals surface area contributed by atoms with Gasteiger partial charge in [-0.25, -0.2) is 0 Å². The minimum atomic E-state index is -0.758. The number of carbonyl (C=O) groups excluding carboxylic acids is 1. The molecule has 2 aromatic rings. The van der Waals surface area contributed by atoms with E-state index < -0.39 is 10.8 Å². The van der Waals surface area contributed by atoms with Crippen molar-refractivity contribution in [1.29, 1.82) is 5.26 Å². The molecule has 0 aliphatic rings. The molecule has 0 fully saturated rings. The molecule has 9 nitrogen and oxygen atoms in total. The third-order valence-electron chi connectivity index (χ3n) is 3.74. The number of anilines is 1. The molecule has 1 N–H and O–H groups in total. The molecule has 0 bridgehead atoms. The third kappa shape index (κ3) is 4.37. The van der Waals surface area contributed by atoms with E-state index in [0.29, 0.717) is 17.1 Å². The van der Waals surface area contributed by atoms with E-state index in [9.17, 15) is 20.2 Å². The molecule has 0 heterocycles. The second-order valence-electron chi connectivity index (χ2n) is 5.35. The van der Waals surface area contributed by atoms with Crippen LogP contribution in [0.25, 0.3) is 6.08 Å². The number of para-hydroxylation sites is 1. The van der Waals surface area contributed by atoms with E-state index in [4.69, 9.17) is 14.2 Å². The lowest BCUT2D eigenvalue weighted by atomic mass is 10.1. The monoisotopic (exact) mass is 383 g/mol. The van der Waals surface area contributed by atoms with Gasteiger partial charge in [0, 0.05) is 17.7 Å². The fourth-order valence-corrected chi connectivity index (χ4v) is 2.43. The first-order chi connectivity index (χ1) is 13.4. The number of hydrogen-bond donors (Lipinski definition) is 1. The first kappa shape index (κ1) is 20.3. The normalized spacial score (nSPS) is 10.6. The van der Waals surface area contributed by atoms with E-state index >= 15 is 0 Å². The summed E-state index contributed by atoms with van der Waals surface area (Å²) >= 11 is 0. The molecule has 0 aliphatic heterocycles. The molecular weight excluding hydrogens is 366 g/mol. The molecule has 0 radical (unpaired) electrons. The molecular formula is C19H17N3O6. The summed E-state index contributed by atoms with van der Waals surface area (Å²) in [4.78, 5) is 22.9. The number of nitrogens with one attached hydrogen (secondary N) is 1. The van der Waals surface area contributed by atoms with Crippen molar-refractivity contribution in [1.82, 2.24) is 0 Å². The number of carbonyl (C=O) groups is 1. The topological polar surface area (TPSA) is 124 Å².